The van der Waals surface area contributed by atoms with Crippen molar-refractivity contribution in [3.8, 4) is 0 Å². The van der Waals surface area contributed by atoms with E-state index in [0.717, 1.165) is 37.6 Å². The van der Waals surface area contributed by atoms with Crippen LogP contribution < -0.4 is 10.2 Å². The second-order valence-corrected chi connectivity index (χ2v) is 7.56. The summed E-state index contributed by atoms with van der Waals surface area (Å²) in [6, 6.07) is 7.93. The van der Waals surface area contributed by atoms with E-state index in [-0.39, 0.29) is 29.5 Å². The van der Waals surface area contributed by atoms with Gasteiger partial charge >= 0.3 is 5.97 Å². The van der Waals surface area contributed by atoms with Gasteiger partial charge in [-0.2, -0.15) is 0 Å². The van der Waals surface area contributed by atoms with Crippen LogP contribution in [0.25, 0.3) is 0 Å². The van der Waals surface area contributed by atoms with Crippen LogP contribution in [0.15, 0.2) is 49.1 Å². The summed E-state index contributed by atoms with van der Waals surface area (Å²) in [5.41, 5.74) is 1.86. The molecule has 1 fully saturated rings. The highest BCUT2D eigenvalue weighted by Gasteiger charge is 2.24. The van der Waals surface area contributed by atoms with Crippen LogP contribution in [-0.2, 0) is 4.74 Å². The Bertz CT molecular complexity index is 1110. The molecule has 3 aromatic rings. The lowest BCUT2D eigenvalue weighted by Gasteiger charge is -2.34. The average Bonchev–Trinajstić information content (AvgIpc) is 2.85. The quantitative estimate of drug-likeness (QED) is 0.427. The van der Waals surface area contributed by atoms with Crippen molar-refractivity contribution in [2.45, 2.75) is 6.92 Å². The number of rotatable bonds is 7. The molecule has 2 aromatic heterocycles. The predicted octanol–water partition coefficient (Wildman–Crippen LogP) is 2.17. The lowest BCUT2D eigenvalue weighted by atomic mass is 10.1. The molecule has 0 spiro atoms. The summed E-state index contributed by atoms with van der Waals surface area (Å²) in [4.78, 5) is 46.5. The van der Waals surface area contributed by atoms with Crippen molar-refractivity contribution in [1.82, 2.24) is 24.8 Å². The molecule has 3 heterocycles. The van der Waals surface area contributed by atoms with Gasteiger partial charge in [-0.05, 0) is 38.2 Å². The molecule has 4 rings (SSSR count). The lowest BCUT2D eigenvalue weighted by Crippen LogP contribution is -2.44. The molecule has 0 amide bonds. The normalized spacial score (nSPS) is 14.1. The first-order valence-electron chi connectivity index (χ1n) is 10.7. The van der Waals surface area contributed by atoms with E-state index in [2.05, 4.69) is 42.1 Å². The predicted molar refractivity (Wildman–Crippen MR) is 123 cm³/mol. The Kier molecular flexibility index (Phi) is 6.84. The van der Waals surface area contributed by atoms with Crippen molar-refractivity contribution in [3.05, 3.63) is 66.0 Å². The van der Waals surface area contributed by atoms with Gasteiger partial charge in [0.25, 0.3) is 0 Å². The molecule has 10 heteroatoms. The van der Waals surface area contributed by atoms with E-state index >= 15 is 0 Å². The highest BCUT2D eigenvalue weighted by Crippen LogP contribution is 2.22. The Morgan fingerprint density at radius 2 is 1.79 bits per heavy atom. The van der Waals surface area contributed by atoms with Gasteiger partial charge in [0.1, 0.15) is 17.0 Å². The summed E-state index contributed by atoms with van der Waals surface area (Å²) in [7, 11) is 2.13. The van der Waals surface area contributed by atoms with E-state index in [1.165, 1.54) is 24.8 Å². The summed E-state index contributed by atoms with van der Waals surface area (Å²) >= 11 is 0. The molecule has 10 nitrogen and oxygen atoms in total. The van der Waals surface area contributed by atoms with Crippen LogP contribution in [0.2, 0.25) is 0 Å². The molecule has 0 unspecified atom stereocenters. The third kappa shape index (κ3) is 5.29. The first kappa shape index (κ1) is 22.3. The Balaban J connectivity index is 1.56. The van der Waals surface area contributed by atoms with Crippen LogP contribution >= 0.6 is 0 Å². The second kappa shape index (κ2) is 10.1. The molecule has 33 heavy (non-hydrogen) atoms. The number of likely N-dealkylation sites (N-methyl/N-ethyl adjacent to an activating group) is 1. The second-order valence-electron chi connectivity index (χ2n) is 7.56. The molecule has 1 N–H and O–H groups in total. The van der Waals surface area contributed by atoms with Crippen LogP contribution in [-0.4, -0.2) is 76.4 Å². The number of benzene rings is 1. The maximum absolute atomic E-state index is 13.0. The number of piperazine rings is 1. The summed E-state index contributed by atoms with van der Waals surface area (Å²) in [5, 5.41) is 3.10. The van der Waals surface area contributed by atoms with Gasteiger partial charge in [-0.3, -0.25) is 9.78 Å². The number of esters is 1. The Morgan fingerprint density at radius 1 is 1.03 bits per heavy atom. The number of anilines is 3. The highest BCUT2D eigenvalue weighted by atomic mass is 16.5. The van der Waals surface area contributed by atoms with Gasteiger partial charge in [0, 0.05) is 56.1 Å². The van der Waals surface area contributed by atoms with E-state index < -0.39 is 11.8 Å². The Hall–Kier alpha value is -3.92. The number of ether oxygens (including phenoxy) is 1. The van der Waals surface area contributed by atoms with Crippen molar-refractivity contribution in [2.75, 3.05) is 50.1 Å². The molecule has 1 saturated heterocycles. The van der Waals surface area contributed by atoms with Crippen molar-refractivity contribution >= 4 is 29.1 Å². The van der Waals surface area contributed by atoms with E-state index in [0.29, 0.717) is 0 Å². The number of nitrogens with zero attached hydrogens (tertiary/aromatic N) is 6. The molecule has 1 aliphatic heterocycles. The molecule has 0 bridgehead atoms. The van der Waals surface area contributed by atoms with E-state index in [1.807, 2.05) is 24.3 Å². The van der Waals surface area contributed by atoms with Crippen LogP contribution in [0, 0.1) is 0 Å². The van der Waals surface area contributed by atoms with E-state index in [1.54, 1.807) is 6.92 Å². The van der Waals surface area contributed by atoms with Gasteiger partial charge in [0.2, 0.25) is 11.7 Å². The van der Waals surface area contributed by atoms with Crippen molar-refractivity contribution < 1.29 is 14.3 Å². The van der Waals surface area contributed by atoms with Gasteiger partial charge in [-0.25, -0.2) is 19.7 Å². The third-order valence-corrected chi connectivity index (χ3v) is 5.29. The van der Waals surface area contributed by atoms with Gasteiger partial charge in [0.15, 0.2) is 0 Å². The maximum atomic E-state index is 13.0. The highest BCUT2D eigenvalue weighted by molar-refractivity contribution is 6.12. The van der Waals surface area contributed by atoms with Crippen LogP contribution in [0.4, 0.5) is 17.3 Å². The minimum atomic E-state index is -0.673. The number of aromatic nitrogens is 4. The molecule has 0 radical (unpaired) electrons. The number of carbonyl (C=O) groups is 2. The molecule has 1 aromatic carbocycles. The van der Waals surface area contributed by atoms with Crippen molar-refractivity contribution in [2.24, 2.45) is 0 Å². The van der Waals surface area contributed by atoms with Gasteiger partial charge < -0.3 is 19.9 Å². The molecule has 0 aliphatic carbocycles. The van der Waals surface area contributed by atoms with Crippen molar-refractivity contribution in [1.29, 1.82) is 0 Å². The van der Waals surface area contributed by atoms with Gasteiger partial charge in [-0.1, -0.05) is 0 Å². The number of hydrogen-bond acceptors (Lipinski definition) is 10. The number of nitrogens with one attached hydrogen (secondary N) is 1. The zero-order valence-corrected chi connectivity index (χ0v) is 18.6. The monoisotopic (exact) mass is 447 g/mol. The minimum absolute atomic E-state index is 0.0246. The van der Waals surface area contributed by atoms with Crippen LogP contribution in [0.1, 0.15) is 33.5 Å². The van der Waals surface area contributed by atoms with Crippen molar-refractivity contribution in [3.63, 3.8) is 0 Å². The fourth-order valence-electron chi connectivity index (χ4n) is 3.46. The Morgan fingerprint density at radius 3 is 2.45 bits per heavy atom. The summed E-state index contributed by atoms with van der Waals surface area (Å²) in [5.74, 6) is -1.03. The smallest absolute Gasteiger partial charge is 0.342 e. The fraction of sp³-hybridized carbons (Fsp3) is 0.304. The topological polar surface area (TPSA) is 113 Å². The molecular weight excluding hydrogens is 422 g/mol. The molecular formula is C23H25N7O3. The third-order valence-electron chi connectivity index (χ3n) is 5.29. The van der Waals surface area contributed by atoms with Crippen LogP contribution in [0.3, 0.4) is 0 Å². The maximum Gasteiger partial charge on any atom is 0.342 e. The molecule has 0 saturated carbocycles. The van der Waals surface area contributed by atoms with Crippen LogP contribution in [0.5, 0.6) is 0 Å². The first-order chi connectivity index (χ1) is 16.0. The molecule has 0 atom stereocenters. The summed E-state index contributed by atoms with van der Waals surface area (Å²) in [6.45, 7) is 5.87. The number of carbonyl (C=O) groups excluding carboxylic acids is 2. The van der Waals surface area contributed by atoms with E-state index in [4.69, 9.17) is 4.74 Å². The SMILES string of the molecule is CCOC(=O)c1cnc(Nc2ccc(N3CCN(C)CC3)cc2)nc1C(=O)c1cnccn1. The average molecular weight is 447 g/mol. The zero-order chi connectivity index (χ0) is 23.2. The largest absolute Gasteiger partial charge is 0.462 e. The number of hydrogen-bond donors (Lipinski definition) is 1. The summed E-state index contributed by atoms with van der Waals surface area (Å²) < 4.78 is 5.05. The first-order valence-corrected chi connectivity index (χ1v) is 10.7. The van der Waals surface area contributed by atoms with Gasteiger partial charge in [-0.15, -0.1) is 0 Å². The molecule has 1 aliphatic rings. The zero-order valence-electron chi connectivity index (χ0n) is 18.6. The molecule has 170 valence electrons. The standard InChI is InChI=1S/C23H25N7O3/c1-3-33-22(32)18-14-26-23(28-20(18)21(31)19-15-24-8-9-25-19)27-16-4-6-17(7-5-16)30-12-10-29(2)11-13-30/h4-9,14-15H,3,10-13H2,1-2H3,(H,26,27,28). The lowest BCUT2D eigenvalue weighted by molar-refractivity contribution is 0.0522. The van der Waals surface area contributed by atoms with Gasteiger partial charge in [0.05, 0.1) is 12.8 Å². The fourth-order valence-corrected chi connectivity index (χ4v) is 3.46. The number of ketones is 1. The van der Waals surface area contributed by atoms with E-state index in [9.17, 15) is 9.59 Å². The summed E-state index contributed by atoms with van der Waals surface area (Å²) in [6.07, 6.45) is 5.47. The Labute approximate surface area is 191 Å². The minimum Gasteiger partial charge on any atom is -0.462 e.